The fourth-order valence-electron chi connectivity index (χ4n) is 2.28. The molecule has 0 atom stereocenters. The average molecular weight is 345 g/mol. The van der Waals surface area contributed by atoms with E-state index in [4.69, 9.17) is 27.4 Å². The molecule has 122 valence electrons. The molecule has 1 heterocycles. The lowest BCUT2D eigenvalue weighted by Crippen LogP contribution is -2.51. The molecule has 1 fully saturated rings. The van der Waals surface area contributed by atoms with Gasteiger partial charge in [0.2, 0.25) is 10.0 Å². The zero-order valence-electron chi connectivity index (χ0n) is 12.5. The van der Waals surface area contributed by atoms with E-state index in [9.17, 15) is 8.42 Å². The number of piperazine rings is 1. The quantitative estimate of drug-likeness (QED) is 0.783. The summed E-state index contributed by atoms with van der Waals surface area (Å²) in [5.74, 6) is 0.797. The normalized spacial score (nSPS) is 16.4. The molecule has 1 saturated heterocycles. The zero-order valence-corrected chi connectivity index (χ0v) is 14.1. The van der Waals surface area contributed by atoms with Crippen molar-refractivity contribution < 1.29 is 17.9 Å². The van der Waals surface area contributed by atoms with E-state index in [1.807, 2.05) is 0 Å². The van der Waals surface area contributed by atoms with Crippen LogP contribution in [0, 0.1) is 0 Å². The third kappa shape index (κ3) is 3.26. The van der Waals surface area contributed by atoms with Crippen LogP contribution < -0.4 is 15.2 Å². The van der Waals surface area contributed by atoms with Crippen molar-refractivity contribution in [3.8, 4) is 11.5 Å². The van der Waals surface area contributed by atoms with Crippen LogP contribution in [0.15, 0.2) is 23.1 Å². The third-order valence-corrected chi connectivity index (χ3v) is 5.74. The lowest BCUT2D eigenvalue weighted by molar-refractivity contribution is 0.266. The Bertz CT molecular complexity index is 655. The molecule has 22 heavy (non-hydrogen) atoms. The maximum absolute atomic E-state index is 12.8. The number of hydrogen-bond donors (Lipinski definition) is 1. The molecule has 0 unspecified atom stereocenters. The first-order valence-electron chi connectivity index (χ1n) is 6.66. The number of nitrogens with zero attached hydrogens (tertiary/aromatic N) is 2. The highest BCUT2D eigenvalue weighted by atomic mass is 32.2. The minimum Gasteiger partial charge on any atom is -0.497 e. The Kier molecular flexibility index (Phi) is 5.09. The van der Waals surface area contributed by atoms with Gasteiger partial charge < -0.3 is 20.1 Å². The summed E-state index contributed by atoms with van der Waals surface area (Å²) in [4.78, 5) is 1.91. The van der Waals surface area contributed by atoms with Gasteiger partial charge in [0.1, 0.15) is 16.4 Å². The number of thiocarbonyl (C=S) groups is 1. The number of sulfonamides is 1. The molecule has 0 aromatic heterocycles. The summed E-state index contributed by atoms with van der Waals surface area (Å²) in [5.41, 5.74) is 5.57. The molecule has 0 spiro atoms. The van der Waals surface area contributed by atoms with Gasteiger partial charge in [0.05, 0.1) is 14.2 Å². The summed E-state index contributed by atoms with van der Waals surface area (Å²) in [6, 6.07) is 4.64. The lowest BCUT2D eigenvalue weighted by atomic mass is 10.3. The van der Waals surface area contributed by atoms with Gasteiger partial charge in [-0.15, -0.1) is 0 Å². The molecule has 2 N–H and O–H groups in total. The fraction of sp³-hybridized carbons (Fsp3) is 0.462. The van der Waals surface area contributed by atoms with Crippen LogP contribution in [-0.2, 0) is 10.0 Å². The van der Waals surface area contributed by atoms with E-state index in [2.05, 4.69) is 0 Å². The van der Waals surface area contributed by atoms with Gasteiger partial charge >= 0.3 is 0 Å². The van der Waals surface area contributed by atoms with E-state index >= 15 is 0 Å². The van der Waals surface area contributed by atoms with E-state index in [-0.39, 0.29) is 10.6 Å². The molecule has 0 radical (unpaired) electrons. The first-order chi connectivity index (χ1) is 10.4. The predicted molar refractivity (Wildman–Crippen MR) is 86.7 cm³/mol. The summed E-state index contributed by atoms with van der Waals surface area (Å²) in [5, 5.41) is 0.291. The monoisotopic (exact) mass is 345 g/mol. The first kappa shape index (κ1) is 16.8. The van der Waals surface area contributed by atoms with Gasteiger partial charge in [0.15, 0.2) is 5.11 Å². The van der Waals surface area contributed by atoms with Crippen LogP contribution in [0.1, 0.15) is 0 Å². The topological polar surface area (TPSA) is 85.1 Å². The van der Waals surface area contributed by atoms with Gasteiger partial charge in [-0.25, -0.2) is 8.42 Å². The fourth-order valence-corrected chi connectivity index (χ4v) is 4.02. The van der Waals surface area contributed by atoms with Gasteiger partial charge in [-0.1, -0.05) is 0 Å². The molecule has 0 aliphatic carbocycles. The van der Waals surface area contributed by atoms with Crippen molar-refractivity contribution in [1.29, 1.82) is 0 Å². The molecule has 0 saturated carbocycles. The van der Waals surface area contributed by atoms with E-state index in [0.717, 1.165) is 0 Å². The Labute approximate surface area is 135 Å². The van der Waals surface area contributed by atoms with Gasteiger partial charge in [-0.3, -0.25) is 0 Å². The molecule has 9 heteroatoms. The van der Waals surface area contributed by atoms with Crippen molar-refractivity contribution in [2.75, 3.05) is 40.4 Å². The molecule has 1 aromatic carbocycles. The van der Waals surface area contributed by atoms with Crippen LogP contribution in [0.4, 0.5) is 0 Å². The summed E-state index contributed by atoms with van der Waals surface area (Å²) in [6.07, 6.45) is 0. The summed E-state index contributed by atoms with van der Waals surface area (Å²) >= 11 is 4.91. The summed E-state index contributed by atoms with van der Waals surface area (Å²) in [7, 11) is -0.696. The molecule has 2 rings (SSSR count). The minimum atomic E-state index is -3.64. The second-order valence-corrected chi connectivity index (χ2v) is 7.07. The SMILES string of the molecule is COc1ccc(S(=O)(=O)N2CCN(C(N)=S)CC2)c(OC)c1. The van der Waals surface area contributed by atoms with Crippen molar-refractivity contribution in [3.63, 3.8) is 0 Å². The Balaban J connectivity index is 2.26. The van der Waals surface area contributed by atoms with Crippen LogP contribution in [-0.4, -0.2) is 63.1 Å². The highest BCUT2D eigenvalue weighted by Gasteiger charge is 2.31. The van der Waals surface area contributed by atoms with E-state index < -0.39 is 10.0 Å². The molecule has 1 aromatic rings. The van der Waals surface area contributed by atoms with Crippen molar-refractivity contribution in [2.24, 2.45) is 5.73 Å². The molecule has 0 amide bonds. The smallest absolute Gasteiger partial charge is 0.246 e. The number of ether oxygens (including phenoxy) is 2. The number of hydrogen-bond acceptors (Lipinski definition) is 5. The number of benzene rings is 1. The average Bonchev–Trinajstić information content (AvgIpc) is 2.54. The summed E-state index contributed by atoms with van der Waals surface area (Å²) in [6.45, 7) is 1.61. The van der Waals surface area contributed by atoms with Crippen molar-refractivity contribution in [1.82, 2.24) is 9.21 Å². The Morgan fingerprint density at radius 2 is 1.82 bits per heavy atom. The lowest BCUT2D eigenvalue weighted by Gasteiger charge is -2.34. The molecular formula is C13H19N3O4S2. The van der Waals surface area contributed by atoms with E-state index in [1.165, 1.54) is 24.6 Å². The van der Waals surface area contributed by atoms with Gasteiger partial charge in [0, 0.05) is 32.2 Å². The number of methoxy groups -OCH3 is 2. The van der Waals surface area contributed by atoms with E-state index in [1.54, 1.807) is 17.0 Å². The predicted octanol–water partition coefficient (Wildman–Crippen LogP) is 0.254. The third-order valence-electron chi connectivity index (χ3n) is 3.54. The Hall–Kier alpha value is -1.58. The molecular weight excluding hydrogens is 326 g/mol. The van der Waals surface area contributed by atoms with Gasteiger partial charge in [-0.05, 0) is 24.4 Å². The maximum Gasteiger partial charge on any atom is 0.246 e. The summed E-state index contributed by atoms with van der Waals surface area (Å²) < 4.78 is 37.2. The first-order valence-corrected chi connectivity index (χ1v) is 8.51. The molecule has 1 aliphatic rings. The van der Waals surface area contributed by atoms with Crippen LogP contribution in [0.25, 0.3) is 0 Å². The molecule has 0 bridgehead atoms. The number of nitrogens with two attached hydrogens (primary N) is 1. The van der Waals surface area contributed by atoms with Gasteiger partial charge in [0.25, 0.3) is 0 Å². The minimum absolute atomic E-state index is 0.125. The van der Waals surface area contributed by atoms with Gasteiger partial charge in [-0.2, -0.15) is 4.31 Å². The molecule has 7 nitrogen and oxygen atoms in total. The van der Waals surface area contributed by atoms with Crippen molar-refractivity contribution >= 4 is 27.4 Å². The highest BCUT2D eigenvalue weighted by molar-refractivity contribution is 7.89. The zero-order chi connectivity index (χ0) is 16.3. The standard InChI is InChI=1S/C13H19N3O4S2/c1-19-10-3-4-12(11(9-10)20-2)22(17,18)16-7-5-15(6-8-16)13(14)21/h3-4,9H,5-8H2,1-2H3,(H2,14,21). The largest absolute Gasteiger partial charge is 0.497 e. The van der Waals surface area contributed by atoms with E-state index in [0.29, 0.717) is 37.0 Å². The van der Waals surface area contributed by atoms with Crippen LogP contribution in [0.3, 0.4) is 0 Å². The number of rotatable bonds is 4. The Morgan fingerprint density at radius 3 is 2.32 bits per heavy atom. The van der Waals surface area contributed by atoms with Crippen LogP contribution in [0.5, 0.6) is 11.5 Å². The second kappa shape index (κ2) is 6.67. The molecule has 1 aliphatic heterocycles. The highest BCUT2D eigenvalue weighted by Crippen LogP contribution is 2.30. The van der Waals surface area contributed by atoms with Crippen LogP contribution >= 0.6 is 12.2 Å². The van der Waals surface area contributed by atoms with Crippen molar-refractivity contribution in [3.05, 3.63) is 18.2 Å². The second-order valence-electron chi connectivity index (χ2n) is 4.75. The van der Waals surface area contributed by atoms with Crippen LogP contribution in [0.2, 0.25) is 0 Å². The maximum atomic E-state index is 12.8. The van der Waals surface area contributed by atoms with Crippen molar-refractivity contribution in [2.45, 2.75) is 4.90 Å². The Morgan fingerprint density at radius 1 is 1.18 bits per heavy atom.